The third kappa shape index (κ3) is 3.61. The van der Waals surface area contributed by atoms with Gasteiger partial charge in [-0.25, -0.2) is 9.59 Å². The lowest BCUT2D eigenvalue weighted by molar-refractivity contribution is -0.148. The van der Waals surface area contributed by atoms with Crippen molar-refractivity contribution in [2.24, 2.45) is 39.7 Å². The van der Waals surface area contributed by atoms with Gasteiger partial charge in [0.2, 0.25) is 0 Å². The summed E-state index contributed by atoms with van der Waals surface area (Å²) in [5, 5.41) is 13.6. The number of carbonyl (C=O) groups excluding carboxylic acids is 2. The number of oxime groups is 1. The van der Waals surface area contributed by atoms with Gasteiger partial charge in [-0.05, 0) is 99.4 Å². The lowest BCUT2D eigenvalue weighted by atomic mass is 9.46. The zero-order valence-corrected chi connectivity index (χ0v) is 20.7. The molecule has 4 fully saturated rings. The second-order valence-corrected chi connectivity index (χ2v) is 11.9. The Bertz CT molecular complexity index is 957. The maximum Gasteiger partial charge on any atom is 0.408 e. The van der Waals surface area contributed by atoms with Crippen molar-refractivity contribution < 1.29 is 24.3 Å². The number of hydrogen-bond donors (Lipinski definition) is 1. The first-order valence-corrected chi connectivity index (χ1v) is 13.1. The lowest BCUT2D eigenvalue weighted by Crippen LogP contribution is -2.51. The Morgan fingerprint density at radius 3 is 2.65 bits per heavy atom. The first kappa shape index (κ1) is 23.6. The lowest BCUT2D eigenvalue weighted by Gasteiger charge is -2.58. The van der Waals surface area contributed by atoms with Crippen molar-refractivity contribution in [1.82, 2.24) is 4.90 Å². The molecule has 3 saturated carbocycles. The Balaban J connectivity index is 1.30. The van der Waals surface area contributed by atoms with E-state index in [-0.39, 0.29) is 16.7 Å². The number of amides is 1. The first-order chi connectivity index (χ1) is 16.1. The number of nitrogens with zero attached hydrogens (tertiary/aromatic N) is 2. The molecule has 1 aliphatic heterocycles. The largest absolute Gasteiger partial charge is 0.465 e. The summed E-state index contributed by atoms with van der Waals surface area (Å²) in [6, 6.07) is -0.746. The number of carbonyl (C=O) groups is 3. The number of allylic oxidation sites excluding steroid dienone is 1. The summed E-state index contributed by atoms with van der Waals surface area (Å²) in [6.45, 7) is 7.16. The Kier molecular flexibility index (Phi) is 5.88. The summed E-state index contributed by atoms with van der Waals surface area (Å²) >= 11 is 0. The van der Waals surface area contributed by atoms with E-state index in [9.17, 15) is 19.5 Å². The van der Waals surface area contributed by atoms with Crippen LogP contribution in [-0.2, 0) is 14.4 Å². The molecule has 7 atom stereocenters. The molecule has 7 nitrogen and oxygen atoms in total. The van der Waals surface area contributed by atoms with E-state index in [4.69, 9.17) is 4.84 Å². The molecule has 0 radical (unpaired) electrons. The third-order valence-corrected chi connectivity index (χ3v) is 10.5. The molecule has 1 saturated heterocycles. The minimum Gasteiger partial charge on any atom is -0.465 e. The van der Waals surface area contributed by atoms with E-state index in [1.54, 1.807) is 0 Å². The fourth-order valence-corrected chi connectivity index (χ4v) is 8.73. The Labute approximate surface area is 202 Å². The van der Waals surface area contributed by atoms with Crippen molar-refractivity contribution in [2.75, 3.05) is 6.54 Å². The summed E-state index contributed by atoms with van der Waals surface area (Å²) < 4.78 is 0. The molecular weight excluding hydrogens is 432 g/mol. The van der Waals surface area contributed by atoms with Crippen LogP contribution in [0.15, 0.2) is 16.8 Å². The van der Waals surface area contributed by atoms with Gasteiger partial charge in [0.05, 0.1) is 5.71 Å². The number of likely N-dealkylation sites (tertiary alicyclic amines) is 1. The van der Waals surface area contributed by atoms with E-state index < -0.39 is 18.1 Å². The molecule has 1 unspecified atom stereocenters. The monoisotopic (exact) mass is 470 g/mol. The van der Waals surface area contributed by atoms with Crippen LogP contribution in [0.5, 0.6) is 0 Å². The highest BCUT2D eigenvalue weighted by Gasteiger charge is 2.59. The molecule has 7 heteroatoms. The van der Waals surface area contributed by atoms with Gasteiger partial charge in [0.25, 0.3) is 0 Å². The first-order valence-electron chi connectivity index (χ1n) is 13.1. The van der Waals surface area contributed by atoms with Gasteiger partial charge in [0.15, 0.2) is 5.78 Å². The van der Waals surface area contributed by atoms with Crippen LogP contribution in [0, 0.1) is 34.5 Å². The van der Waals surface area contributed by atoms with Gasteiger partial charge in [0.1, 0.15) is 6.04 Å². The van der Waals surface area contributed by atoms with E-state index in [0.717, 1.165) is 36.3 Å². The average Bonchev–Trinajstić information content (AvgIpc) is 3.42. The van der Waals surface area contributed by atoms with Crippen LogP contribution >= 0.6 is 0 Å². The molecule has 1 amide bonds. The molecule has 4 aliphatic carbocycles. The van der Waals surface area contributed by atoms with E-state index >= 15 is 0 Å². The van der Waals surface area contributed by atoms with E-state index in [0.29, 0.717) is 49.3 Å². The highest BCUT2D eigenvalue weighted by atomic mass is 16.7. The summed E-state index contributed by atoms with van der Waals surface area (Å²) in [6.07, 6.45) is 10.5. The maximum absolute atomic E-state index is 12.6. The Morgan fingerprint density at radius 1 is 1.09 bits per heavy atom. The number of hydrogen-bond acceptors (Lipinski definition) is 5. The minimum absolute atomic E-state index is 0.143. The molecule has 0 spiro atoms. The highest BCUT2D eigenvalue weighted by Crippen LogP contribution is 2.66. The van der Waals surface area contributed by atoms with Crippen LogP contribution in [0.1, 0.15) is 85.0 Å². The molecule has 0 aromatic heterocycles. The Morgan fingerprint density at radius 2 is 1.88 bits per heavy atom. The fraction of sp³-hybridized carbons (Fsp3) is 0.778. The molecule has 1 heterocycles. The molecule has 186 valence electrons. The number of fused-ring (bicyclic) bond motifs is 5. The second kappa shape index (κ2) is 8.49. The van der Waals surface area contributed by atoms with Crippen LogP contribution in [0.2, 0.25) is 0 Å². The molecule has 0 bridgehead atoms. The summed E-state index contributed by atoms with van der Waals surface area (Å²) in [4.78, 5) is 42.5. The molecule has 0 aromatic carbocycles. The van der Waals surface area contributed by atoms with Gasteiger partial charge >= 0.3 is 12.1 Å². The van der Waals surface area contributed by atoms with E-state index in [2.05, 4.69) is 19.0 Å². The molecule has 1 N–H and O–H groups in total. The SMILES string of the molecule is CC(=NOC(=O)C1CCCN1C(=O)O)[C@H]1CC[C@H]2[C@@H]3CCC4=CC(=O)CC[C@]4(C)[C@H]3CC[C@]12C. The van der Waals surface area contributed by atoms with Gasteiger partial charge in [0, 0.05) is 18.9 Å². The van der Waals surface area contributed by atoms with Gasteiger partial charge in [-0.15, -0.1) is 0 Å². The highest BCUT2D eigenvalue weighted by molar-refractivity contribution is 5.91. The normalized spacial score (nSPS) is 41.9. The summed E-state index contributed by atoms with van der Waals surface area (Å²) in [5.41, 5.74) is 2.58. The molecule has 34 heavy (non-hydrogen) atoms. The van der Waals surface area contributed by atoms with Gasteiger partial charge < -0.3 is 9.94 Å². The van der Waals surface area contributed by atoms with E-state index in [1.807, 2.05) is 13.0 Å². The third-order valence-electron chi connectivity index (χ3n) is 10.5. The topological polar surface area (TPSA) is 96.3 Å². The Hall–Kier alpha value is -2.18. The zero-order chi connectivity index (χ0) is 24.3. The van der Waals surface area contributed by atoms with Crippen LogP contribution in [0.25, 0.3) is 0 Å². The number of carboxylic acid groups (broad SMARTS) is 1. The van der Waals surface area contributed by atoms with Crippen molar-refractivity contribution in [2.45, 2.75) is 91.0 Å². The van der Waals surface area contributed by atoms with Crippen molar-refractivity contribution in [3.05, 3.63) is 11.6 Å². The van der Waals surface area contributed by atoms with Crippen LogP contribution < -0.4 is 0 Å². The number of ketones is 1. The summed E-state index contributed by atoms with van der Waals surface area (Å²) in [7, 11) is 0. The zero-order valence-electron chi connectivity index (χ0n) is 20.7. The fourth-order valence-electron chi connectivity index (χ4n) is 8.73. The molecule has 5 rings (SSSR count). The van der Waals surface area contributed by atoms with Crippen LogP contribution in [0.4, 0.5) is 4.79 Å². The van der Waals surface area contributed by atoms with Gasteiger partial charge in [-0.1, -0.05) is 24.6 Å². The van der Waals surface area contributed by atoms with Crippen molar-refractivity contribution in [3.8, 4) is 0 Å². The van der Waals surface area contributed by atoms with Crippen molar-refractivity contribution in [3.63, 3.8) is 0 Å². The van der Waals surface area contributed by atoms with Crippen LogP contribution in [-0.4, -0.2) is 46.2 Å². The molecular formula is C27H38N2O5. The number of rotatable bonds is 3. The predicted octanol–water partition coefficient (Wildman–Crippen LogP) is 5.20. The smallest absolute Gasteiger partial charge is 0.408 e. The summed E-state index contributed by atoms with van der Waals surface area (Å²) in [5.74, 6) is 1.98. The molecule has 0 aromatic rings. The molecule has 5 aliphatic rings. The average molecular weight is 471 g/mol. The van der Waals surface area contributed by atoms with E-state index in [1.165, 1.54) is 24.8 Å². The van der Waals surface area contributed by atoms with Gasteiger partial charge in [-0.2, -0.15) is 0 Å². The standard InChI is InChI=1S/C27H38N2O5/c1-16(28-34-24(31)23-5-4-14-29(23)25(32)33)20-8-9-21-19-7-6-17-15-18(30)10-12-26(17,2)22(19)11-13-27(20,21)3/h15,19-23H,4-14H2,1-3H3,(H,32,33)/t19-,20+,21-,22-,23?,26-,27+/m0/s1. The van der Waals surface area contributed by atoms with Crippen molar-refractivity contribution >= 4 is 23.6 Å². The maximum atomic E-state index is 12.6. The van der Waals surface area contributed by atoms with Crippen molar-refractivity contribution in [1.29, 1.82) is 0 Å². The van der Waals surface area contributed by atoms with Gasteiger partial charge in [-0.3, -0.25) is 9.69 Å². The minimum atomic E-state index is -1.08. The predicted molar refractivity (Wildman–Crippen MR) is 127 cm³/mol. The van der Waals surface area contributed by atoms with Crippen LogP contribution in [0.3, 0.4) is 0 Å². The quantitative estimate of drug-likeness (QED) is 0.348. The second-order valence-electron chi connectivity index (χ2n) is 11.9.